The number of aryl methyl sites for hydroxylation is 1. The van der Waals surface area contributed by atoms with Crippen LogP contribution in [0.25, 0.3) is 11.3 Å². The molecule has 3 aromatic rings. The van der Waals surface area contributed by atoms with Crippen molar-refractivity contribution in [2.45, 2.75) is 6.61 Å². The minimum Gasteiger partial charge on any atom is -0.423 e. The van der Waals surface area contributed by atoms with E-state index in [9.17, 15) is 13.2 Å². The van der Waals surface area contributed by atoms with E-state index >= 15 is 0 Å². The summed E-state index contributed by atoms with van der Waals surface area (Å²) in [7, 11) is 1.38. The summed E-state index contributed by atoms with van der Waals surface area (Å²) in [5.74, 6) is -0.903. The Kier molecular flexibility index (Phi) is 5.33. The first-order valence-electron chi connectivity index (χ1n) is 6.98. The van der Waals surface area contributed by atoms with Crippen LogP contribution >= 0.6 is 27.5 Å². The highest BCUT2D eigenvalue weighted by Gasteiger charge is 2.23. The van der Waals surface area contributed by atoms with Gasteiger partial charge in [-0.15, -0.1) is 0 Å². The molecule has 0 spiro atoms. The Morgan fingerprint density at radius 1 is 1.23 bits per heavy atom. The Hall–Kier alpha value is -2.33. The van der Waals surface area contributed by atoms with Crippen molar-refractivity contribution in [2.24, 2.45) is 7.05 Å². The average Bonchev–Trinajstić information content (AvgIpc) is 2.86. The Morgan fingerprint density at radius 3 is 2.58 bits per heavy atom. The van der Waals surface area contributed by atoms with Crippen molar-refractivity contribution < 1.29 is 22.6 Å². The molecule has 0 radical (unpaired) electrons. The van der Waals surface area contributed by atoms with Gasteiger partial charge in [0, 0.05) is 25.0 Å². The normalized spacial score (nSPS) is 11.0. The number of hydrogen-bond acceptors (Lipinski definition) is 5. The molecular formula is C15H9BrClF3N4O2. The van der Waals surface area contributed by atoms with E-state index in [1.807, 2.05) is 0 Å². The fourth-order valence-corrected chi connectivity index (χ4v) is 2.92. The zero-order chi connectivity index (χ0) is 18.8. The van der Waals surface area contributed by atoms with Gasteiger partial charge in [0.05, 0.1) is 5.02 Å². The molecule has 0 fully saturated rings. The van der Waals surface area contributed by atoms with Gasteiger partial charge in [-0.05, 0) is 34.1 Å². The Balaban J connectivity index is 2.04. The molecule has 26 heavy (non-hydrogen) atoms. The summed E-state index contributed by atoms with van der Waals surface area (Å²) in [4.78, 5) is 7.78. The van der Waals surface area contributed by atoms with Crippen LogP contribution in [0.1, 0.15) is 0 Å². The molecule has 0 aliphatic rings. The highest BCUT2D eigenvalue weighted by atomic mass is 79.9. The van der Waals surface area contributed by atoms with Crippen molar-refractivity contribution >= 4 is 27.5 Å². The molecule has 2 heterocycles. The van der Waals surface area contributed by atoms with Gasteiger partial charge >= 0.3 is 12.6 Å². The lowest BCUT2D eigenvalue weighted by Gasteiger charge is -2.08. The standard InChI is InChI=1S/C15H9BrClF3N4O2/c1-24-13(26-14(19)20)11(16)12(23-24)7-5-10(8(17)6-9(7)18)25-15-21-3-2-4-22-15/h2-6,14H,1H3. The second-order valence-electron chi connectivity index (χ2n) is 4.87. The molecule has 0 atom stereocenters. The van der Waals surface area contributed by atoms with Crippen molar-refractivity contribution in [2.75, 3.05) is 0 Å². The highest BCUT2D eigenvalue weighted by Crippen LogP contribution is 2.40. The van der Waals surface area contributed by atoms with E-state index in [1.165, 1.54) is 25.5 Å². The molecule has 0 unspecified atom stereocenters. The predicted molar refractivity (Wildman–Crippen MR) is 90.1 cm³/mol. The summed E-state index contributed by atoms with van der Waals surface area (Å²) in [5, 5.41) is 4.00. The minimum absolute atomic E-state index is 0.00812. The van der Waals surface area contributed by atoms with Crippen LogP contribution in [0.15, 0.2) is 35.1 Å². The maximum Gasteiger partial charge on any atom is 0.388 e. The van der Waals surface area contributed by atoms with Gasteiger partial charge in [-0.2, -0.15) is 13.9 Å². The smallest absolute Gasteiger partial charge is 0.388 e. The molecule has 11 heteroatoms. The van der Waals surface area contributed by atoms with Gasteiger partial charge in [0.25, 0.3) is 0 Å². The van der Waals surface area contributed by atoms with Crippen LogP contribution in [0.2, 0.25) is 5.02 Å². The second kappa shape index (κ2) is 7.50. The molecule has 6 nitrogen and oxygen atoms in total. The number of ether oxygens (including phenoxy) is 2. The lowest BCUT2D eigenvalue weighted by atomic mass is 10.1. The van der Waals surface area contributed by atoms with E-state index < -0.39 is 12.4 Å². The summed E-state index contributed by atoms with van der Waals surface area (Å²) in [5.41, 5.74) is 0.00284. The zero-order valence-corrected chi connectivity index (χ0v) is 15.3. The minimum atomic E-state index is -3.06. The van der Waals surface area contributed by atoms with Crippen LogP contribution in [-0.2, 0) is 7.05 Å². The molecule has 0 amide bonds. The van der Waals surface area contributed by atoms with Crippen molar-refractivity contribution in [1.82, 2.24) is 19.7 Å². The quantitative estimate of drug-likeness (QED) is 0.559. The van der Waals surface area contributed by atoms with Crippen LogP contribution in [-0.4, -0.2) is 26.4 Å². The van der Waals surface area contributed by atoms with E-state index in [4.69, 9.17) is 16.3 Å². The summed E-state index contributed by atoms with van der Waals surface area (Å²) in [6.07, 6.45) is 2.92. The predicted octanol–water partition coefficient (Wildman–Crippen LogP) is 4.83. The monoisotopic (exact) mass is 448 g/mol. The van der Waals surface area contributed by atoms with Gasteiger partial charge in [0.15, 0.2) is 5.75 Å². The van der Waals surface area contributed by atoms with Crippen LogP contribution in [0, 0.1) is 5.82 Å². The van der Waals surface area contributed by atoms with Gasteiger partial charge in [-0.1, -0.05) is 11.6 Å². The number of benzene rings is 1. The van der Waals surface area contributed by atoms with Gasteiger partial charge in [-0.25, -0.2) is 19.0 Å². The molecule has 2 aromatic heterocycles. The number of halogens is 5. The summed E-state index contributed by atoms with van der Waals surface area (Å²) < 4.78 is 50.4. The van der Waals surface area contributed by atoms with E-state index in [1.54, 1.807) is 6.07 Å². The fraction of sp³-hybridized carbons (Fsp3) is 0.133. The topological polar surface area (TPSA) is 62.1 Å². The molecule has 0 N–H and O–H groups in total. The first-order valence-corrected chi connectivity index (χ1v) is 8.15. The molecule has 1 aromatic carbocycles. The Bertz CT molecular complexity index is 940. The number of aromatic nitrogens is 4. The lowest BCUT2D eigenvalue weighted by molar-refractivity contribution is -0.0558. The third-order valence-corrected chi connectivity index (χ3v) is 4.17. The van der Waals surface area contributed by atoms with Gasteiger partial charge in [-0.3, -0.25) is 0 Å². The molecule has 0 bridgehead atoms. The van der Waals surface area contributed by atoms with Crippen molar-refractivity contribution in [3.05, 3.63) is 45.9 Å². The Labute approximate surface area is 158 Å². The number of nitrogens with zero attached hydrogens (tertiary/aromatic N) is 4. The highest BCUT2D eigenvalue weighted by molar-refractivity contribution is 9.10. The van der Waals surface area contributed by atoms with E-state index in [0.717, 1.165) is 10.7 Å². The van der Waals surface area contributed by atoms with Gasteiger partial charge in [0.1, 0.15) is 16.0 Å². The lowest BCUT2D eigenvalue weighted by Crippen LogP contribution is -2.06. The molecule has 136 valence electrons. The second-order valence-corrected chi connectivity index (χ2v) is 6.07. The number of rotatable bonds is 5. The van der Waals surface area contributed by atoms with Crippen LogP contribution < -0.4 is 9.47 Å². The van der Waals surface area contributed by atoms with Gasteiger partial charge in [0.2, 0.25) is 5.88 Å². The van der Waals surface area contributed by atoms with Crippen molar-refractivity contribution in [3.8, 4) is 28.9 Å². The zero-order valence-electron chi connectivity index (χ0n) is 13.0. The SMILES string of the molecule is Cn1nc(-c2cc(Oc3ncccn3)c(Cl)cc2F)c(Br)c1OC(F)F. The largest absolute Gasteiger partial charge is 0.423 e. The van der Waals surface area contributed by atoms with Crippen molar-refractivity contribution in [3.63, 3.8) is 0 Å². The van der Waals surface area contributed by atoms with E-state index in [-0.39, 0.29) is 38.4 Å². The molecule has 0 saturated heterocycles. The van der Waals surface area contributed by atoms with E-state index in [0.29, 0.717) is 0 Å². The van der Waals surface area contributed by atoms with Crippen LogP contribution in [0.4, 0.5) is 13.2 Å². The summed E-state index contributed by atoms with van der Waals surface area (Å²) in [6, 6.07) is 3.89. The third-order valence-electron chi connectivity index (χ3n) is 3.16. The maximum absolute atomic E-state index is 14.4. The van der Waals surface area contributed by atoms with Crippen LogP contribution in [0.5, 0.6) is 17.6 Å². The molecular weight excluding hydrogens is 441 g/mol. The molecule has 0 aliphatic heterocycles. The van der Waals surface area contributed by atoms with Gasteiger partial charge < -0.3 is 9.47 Å². The Morgan fingerprint density at radius 2 is 1.92 bits per heavy atom. The van der Waals surface area contributed by atoms with Crippen molar-refractivity contribution in [1.29, 1.82) is 0 Å². The molecule has 0 saturated carbocycles. The van der Waals surface area contributed by atoms with Crippen LogP contribution in [0.3, 0.4) is 0 Å². The summed E-state index contributed by atoms with van der Waals surface area (Å²) in [6.45, 7) is -3.06. The van der Waals surface area contributed by atoms with E-state index in [2.05, 4.69) is 35.7 Å². The summed E-state index contributed by atoms with van der Waals surface area (Å²) >= 11 is 9.11. The first-order chi connectivity index (χ1) is 12.4. The molecule has 3 rings (SSSR count). The maximum atomic E-state index is 14.4. The average molecular weight is 450 g/mol. The number of alkyl halides is 2. The first kappa shape index (κ1) is 18.5. The fourth-order valence-electron chi connectivity index (χ4n) is 2.09. The third kappa shape index (κ3) is 3.75. The molecule has 0 aliphatic carbocycles. The number of hydrogen-bond donors (Lipinski definition) is 0.